The van der Waals surface area contributed by atoms with Gasteiger partial charge in [-0.15, -0.1) is 0 Å². The first-order chi connectivity index (χ1) is 10.6. The van der Waals surface area contributed by atoms with E-state index < -0.39 is 5.97 Å². The van der Waals surface area contributed by atoms with Crippen molar-refractivity contribution in [2.24, 2.45) is 0 Å². The largest absolute Gasteiger partial charge is 0.481 e. The van der Waals surface area contributed by atoms with E-state index in [0.29, 0.717) is 6.54 Å². The molecule has 1 saturated heterocycles. The first-order valence-electron chi connectivity index (χ1n) is 7.61. The fraction of sp³-hybridized carbons (Fsp3) is 0.500. The monoisotopic (exact) mass is 305 g/mol. The van der Waals surface area contributed by atoms with Gasteiger partial charge in [0.15, 0.2) is 0 Å². The molecule has 0 atom stereocenters. The minimum atomic E-state index is -0.915. The van der Waals surface area contributed by atoms with Crippen LogP contribution < -0.4 is 10.2 Å². The van der Waals surface area contributed by atoms with Crippen molar-refractivity contribution in [3.05, 3.63) is 29.8 Å². The number of carboxylic acid groups (broad SMARTS) is 1. The highest BCUT2D eigenvalue weighted by atomic mass is 16.4. The molecule has 2 rings (SSSR count). The van der Waals surface area contributed by atoms with Crippen LogP contribution in [-0.4, -0.2) is 48.7 Å². The lowest BCUT2D eigenvalue weighted by Crippen LogP contribution is -2.38. The minimum Gasteiger partial charge on any atom is -0.481 e. The number of carboxylic acids is 1. The van der Waals surface area contributed by atoms with Gasteiger partial charge in [0, 0.05) is 38.9 Å². The molecular formula is C16H23N3O3. The second-order valence-electron chi connectivity index (χ2n) is 5.55. The Morgan fingerprint density at radius 2 is 1.95 bits per heavy atom. The summed E-state index contributed by atoms with van der Waals surface area (Å²) >= 11 is 0. The molecule has 0 aromatic heterocycles. The van der Waals surface area contributed by atoms with Crippen LogP contribution in [0, 0.1) is 0 Å². The Morgan fingerprint density at radius 1 is 1.27 bits per heavy atom. The topological polar surface area (TPSA) is 72.9 Å². The van der Waals surface area contributed by atoms with Crippen molar-refractivity contribution in [2.45, 2.75) is 25.8 Å². The van der Waals surface area contributed by atoms with E-state index in [9.17, 15) is 9.59 Å². The molecule has 1 aromatic carbocycles. The maximum atomic E-state index is 12.0. The smallest absolute Gasteiger partial charge is 0.317 e. The Hall–Kier alpha value is -2.24. The molecule has 6 nitrogen and oxygen atoms in total. The van der Waals surface area contributed by atoms with Gasteiger partial charge in [0.25, 0.3) is 0 Å². The minimum absolute atomic E-state index is 0.0655. The van der Waals surface area contributed by atoms with Crippen LogP contribution in [0.4, 0.5) is 10.5 Å². The Morgan fingerprint density at radius 3 is 2.64 bits per heavy atom. The summed E-state index contributed by atoms with van der Waals surface area (Å²) in [7, 11) is 1.72. The van der Waals surface area contributed by atoms with Crippen LogP contribution >= 0.6 is 0 Å². The van der Waals surface area contributed by atoms with Gasteiger partial charge < -0.3 is 20.2 Å². The highest BCUT2D eigenvalue weighted by Gasteiger charge is 2.17. The SMILES string of the molecule is CN(Cc1ccccc1N1CCCC1)C(=O)NCCC(=O)O. The molecule has 1 aliphatic heterocycles. The van der Waals surface area contributed by atoms with E-state index in [2.05, 4.69) is 16.3 Å². The van der Waals surface area contributed by atoms with Crippen LogP contribution in [0.15, 0.2) is 24.3 Å². The van der Waals surface area contributed by atoms with Crippen molar-refractivity contribution in [1.29, 1.82) is 0 Å². The molecule has 1 heterocycles. The van der Waals surface area contributed by atoms with Crippen LogP contribution in [0.5, 0.6) is 0 Å². The number of urea groups is 1. The summed E-state index contributed by atoms with van der Waals surface area (Å²) in [6.45, 7) is 2.77. The van der Waals surface area contributed by atoms with Gasteiger partial charge in [0.05, 0.1) is 6.42 Å². The number of rotatable bonds is 6. The molecule has 0 saturated carbocycles. The molecule has 0 aliphatic carbocycles. The second kappa shape index (κ2) is 7.68. The van der Waals surface area contributed by atoms with Gasteiger partial charge in [-0.2, -0.15) is 0 Å². The van der Waals surface area contributed by atoms with E-state index in [4.69, 9.17) is 5.11 Å². The molecule has 2 amide bonds. The third kappa shape index (κ3) is 4.38. The Labute approximate surface area is 130 Å². The van der Waals surface area contributed by atoms with Crippen LogP contribution in [-0.2, 0) is 11.3 Å². The molecule has 1 aromatic rings. The summed E-state index contributed by atoms with van der Waals surface area (Å²) in [5.74, 6) is -0.915. The van der Waals surface area contributed by atoms with Crippen molar-refractivity contribution in [1.82, 2.24) is 10.2 Å². The number of benzene rings is 1. The standard InChI is InChI=1S/C16H23N3O3/c1-18(16(22)17-9-8-15(20)21)12-13-6-2-3-7-14(13)19-10-4-5-11-19/h2-3,6-7H,4-5,8-12H2,1H3,(H,17,22)(H,20,21). The number of para-hydroxylation sites is 1. The summed E-state index contributed by atoms with van der Waals surface area (Å²) in [5.41, 5.74) is 2.30. The molecule has 0 radical (unpaired) electrons. The lowest BCUT2D eigenvalue weighted by molar-refractivity contribution is -0.136. The molecule has 22 heavy (non-hydrogen) atoms. The number of nitrogens with one attached hydrogen (secondary N) is 1. The number of carbonyl (C=O) groups excluding carboxylic acids is 1. The molecule has 1 aliphatic rings. The molecule has 1 fully saturated rings. The van der Waals surface area contributed by atoms with Gasteiger partial charge in [-0.3, -0.25) is 4.79 Å². The summed E-state index contributed by atoms with van der Waals surface area (Å²) in [6.07, 6.45) is 2.35. The maximum absolute atomic E-state index is 12.0. The molecular weight excluding hydrogens is 282 g/mol. The first-order valence-corrected chi connectivity index (χ1v) is 7.61. The molecule has 120 valence electrons. The van der Waals surface area contributed by atoms with Crippen molar-refractivity contribution in [3.8, 4) is 0 Å². The third-order valence-electron chi connectivity index (χ3n) is 3.81. The summed E-state index contributed by atoms with van der Waals surface area (Å²) in [6, 6.07) is 7.87. The zero-order valence-corrected chi connectivity index (χ0v) is 12.9. The fourth-order valence-electron chi connectivity index (χ4n) is 2.65. The van der Waals surface area contributed by atoms with Gasteiger partial charge in [0.2, 0.25) is 0 Å². The fourth-order valence-corrected chi connectivity index (χ4v) is 2.65. The second-order valence-corrected chi connectivity index (χ2v) is 5.55. The zero-order valence-electron chi connectivity index (χ0n) is 12.9. The third-order valence-corrected chi connectivity index (χ3v) is 3.81. The average molecular weight is 305 g/mol. The van der Waals surface area contributed by atoms with E-state index in [0.717, 1.165) is 18.7 Å². The van der Waals surface area contributed by atoms with E-state index in [-0.39, 0.29) is 19.0 Å². The van der Waals surface area contributed by atoms with Crippen LogP contribution in [0.1, 0.15) is 24.8 Å². The quantitative estimate of drug-likeness (QED) is 0.842. The molecule has 6 heteroatoms. The van der Waals surface area contributed by atoms with E-state index >= 15 is 0 Å². The van der Waals surface area contributed by atoms with Gasteiger partial charge in [0.1, 0.15) is 0 Å². The molecule has 0 spiro atoms. The van der Waals surface area contributed by atoms with Crippen molar-refractivity contribution < 1.29 is 14.7 Å². The number of hydrogen-bond acceptors (Lipinski definition) is 3. The lowest BCUT2D eigenvalue weighted by atomic mass is 10.1. The van der Waals surface area contributed by atoms with Crippen molar-refractivity contribution in [3.63, 3.8) is 0 Å². The van der Waals surface area contributed by atoms with E-state index in [1.807, 2.05) is 18.2 Å². The zero-order chi connectivity index (χ0) is 15.9. The highest BCUT2D eigenvalue weighted by molar-refractivity contribution is 5.75. The summed E-state index contributed by atoms with van der Waals surface area (Å²) < 4.78 is 0. The number of hydrogen-bond donors (Lipinski definition) is 2. The first kappa shape index (κ1) is 16.1. The Kier molecular flexibility index (Phi) is 5.63. The normalized spacial score (nSPS) is 14.0. The van der Waals surface area contributed by atoms with Gasteiger partial charge >= 0.3 is 12.0 Å². The number of anilines is 1. The van der Waals surface area contributed by atoms with Crippen LogP contribution in [0.3, 0.4) is 0 Å². The Balaban J connectivity index is 1.94. The summed E-state index contributed by atoms with van der Waals surface area (Å²) in [5, 5.41) is 11.2. The van der Waals surface area contributed by atoms with Gasteiger partial charge in [-0.05, 0) is 24.5 Å². The van der Waals surface area contributed by atoms with Crippen LogP contribution in [0.2, 0.25) is 0 Å². The lowest BCUT2D eigenvalue weighted by Gasteiger charge is -2.24. The van der Waals surface area contributed by atoms with Crippen LogP contribution in [0.25, 0.3) is 0 Å². The Bertz CT molecular complexity index is 527. The number of carbonyl (C=O) groups is 2. The van der Waals surface area contributed by atoms with Gasteiger partial charge in [-0.1, -0.05) is 18.2 Å². The number of aliphatic carboxylic acids is 1. The predicted octanol–water partition coefficient (Wildman–Crippen LogP) is 1.90. The summed E-state index contributed by atoms with van der Waals surface area (Å²) in [4.78, 5) is 26.4. The molecule has 0 unspecified atom stereocenters. The van der Waals surface area contributed by atoms with Crippen molar-refractivity contribution in [2.75, 3.05) is 31.6 Å². The number of nitrogens with zero attached hydrogens (tertiary/aromatic N) is 2. The maximum Gasteiger partial charge on any atom is 0.317 e. The van der Waals surface area contributed by atoms with E-state index in [1.165, 1.54) is 18.5 Å². The molecule has 2 N–H and O–H groups in total. The number of amides is 2. The highest BCUT2D eigenvalue weighted by Crippen LogP contribution is 2.25. The predicted molar refractivity (Wildman–Crippen MR) is 85.0 cm³/mol. The van der Waals surface area contributed by atoms with Gasteiger partial charge in [-0.25, -0.2) is 4.79 Å². The van der Waals surface area contributed by atoms with E-state index in [1.54, 1.807) is 11.9 Å². The average Bonchev–Trinajstić information content (AvgIpc) is 3.01. The van der Waals surface area contributed by atoms with Crippen molar-refractivity contribution >= 4 is 17.7 Å². The molecule has 0 bridgehead atoms.